The van der Waals surface area contributed by atoms with E-state index in [1.54, 1.807) is 12.1 Å². The molecule has 1 fully saturated rings. The lowest BCUT2D eigenvalue weighted by atomic mass is 10.1. The second kappa shape index (κ2) is 8.62. The third-order valence-electron chi connectivity index (χ3n) is 4.68. The Kier molecular flexibility index (Phi) is 6.01. The molecule has 0 aromatic heterocycles. The van der Waals surface area contributed by atoms with Crippen LogP contribution in [0.5, 0.6) is 0 Å². The molecule has 0 saturated carbocycles. The van der Waals surface area contributed by atoms with Crippen LogP contribution in [0.25, 0.3) is 0 Å². The molecule has 2 N–H and O–H groups in total. The molecule has 2 aromatic rings. The van der Waals surface area contributed by atoms with E-state index in [1.165, 1.54) is 16.7 Å². The largest absolute Gasteiger partial charge is 0.360 e. The molecular weight excluding hydrogens is 317 g/mol. The van der Waals surface area contributed by atoms with Gasteiger partial charge in [-0.2, -0.15) is 0 Å². The maximum Gasteiger partial charge on any atom is 0.275 e. The summed E-state index contributed by atoms with van der Waals surface area (Å²) in [5.74, 6) is -0.168. The standard InChI is InChI=1S/C20H24FN3O/c21-19-9-5-4-6-17(19)10-11-22-20(25)16-23-12-14-24(15-13-23)18-7-2-1-3-8-18/h1-9H,10-16H2,(H,22,25)/p+1. The molecular formula is C20H25FN3O+. The van der Waals surface area contributed by atoms with Gasteiger partial charge in [0.2, 0.25) is 0 Å². The molecule has 0 radical (unpaired) electrons. The molecule has 1 heterocycles. The van der Waals surface area contributed by atoms with Crippen molar-refractivity contribution in [1.82, 2.24) is 5.32 Å². The minimum atomic E-state index is -0.209. The second-order valence-corrected chi connectivity index (χ2v) is 6.44. The number of nitrogens with zero attached hydrogens (tertiary/aromatic N) is 1. The van der Waals surface area contributed by atoms with Crippen molar-refractivity contribution in [2.24, 2.45) is 0 Å². The first-order valence-corrected chi connectivity index (χ1v) is 8.86. The molecule has 1 saturated heterocycles. The molecule has 0 bridgehead atoms. The highest BCUT2D eigenvalue weighted by atomic mass is 19.1. The number of halogens is 1. The molecule has 1 amide bonds. The Hall–Kier alpha value is -2.40. The minimum Gasteiger partial charge on any atom is -0.360 e. The number of quaternary nitrogens is 1. The molecule has 0 atom stereocenters. The first kappa shape index (κ1) is 17.4. The van der Waals surface area contributed by atoms with Crippen LogP contribution in [0.15, 0.2) is 54.6 Å². The van der Waals surface area contributed by atoms with Gasteiger partial charge in [-0.3, -0.25) is 4.79 Å². The topological polar surface area (TPSA) is 36.8 Å². The summed E-state index contributed by atoms with van der Waals surface area (Å²) in [5, 5.41) is 2.91. The van der Waals surface area contributed by atoms with E-state index >= 15 is 0 Å². The summed E-state index contributed by atoms with van der Waals surface area (Å²) in [6.45, 7) is 4.79. The summed E-state index contributed by atoms with van der Waals surface area (Å²) in [6, 6.07) is 17.1. The first-order chi connectivity index (χ1) is 12.2. The van der Waals surface area contributed by atoms with E-state index in [1.807, 2.05) is 12.1 Å². The van der Waals surface area contributed by atoms with E-state index in [2.05, 4.69) is 34.5 Å². The highest BCUT2D eigenvalue weighted by Gasteiger charge is 2.22. The van der Waals surface area contributed by atoms with Crippen LogP contribution in [0.4, 0.5) is 10.1 Å². The number of anilines is 1. The molecule has 5 heteroatoms. The van der Waals surface area contributed by atoms with Gasteiger partial charge in [-0.1, -0.05) is 36.4 Å². The number of amides is 1. The number of hydrogen-bond donors (Lipinski definition) is 2. The summed E-state index contributed by atoms with van der Waals surface area (Å²) in [4.78, 5) is 15.8. The normalized spacial score (nSPS) is 15.2. The number of carbonyl (C=O) groups is 1. The molecule has 0 unspecified atom stereocenters. The Morgan fingerprint density at radius 2 is 1.72 bits per heavy atom. The van der Waals surface area contributed by atoms with Crippen molar-refractivity contribution in [3.8, 4) is 0 Å². The number of carbonyl (C=O) groups excluding carboxylic acids is 1. The van der Waals surface area contributed by atoms with Crippen LogP contribution in [-0.4, -0.2) is 45.2 Å². The summed E-state index contributed by atoms with van der Waals surface area (Å²) in [6.07, 6.45) is 0.523. The Morgan fingerprint density at radius 1 is 1.04 bits per heavy atom. The molecule has 1 aliphatic heterocycles. The van der Waals surface area contributed by atoms with Gasteiger partial charge >= 0.3 is 0 Å². The minimum absolute atomic E-state index is 0.0412. The molecule has 0 spiro atoms. The number of rotatable bonds is 6. The van der Waals surface area contributed by atoms with Gasteiger partial charge in [-0.05, 0) is 30.2 Å². The van der Waals surface area contributed by atoms with Crippen LogP contribution in [0.1, 0.15) is 5.56 Å². The van der Waals surface area contributed by atoms with E-state index in [-0.39, 0.29) is 11.7 Å². The van der Waals surface area contributed by atoms with Gasteiger partial charge in [0.15, 0.2) is 6.54 Å². The lowest BCUT2D eigenvalue weighted by Gasteiger charge is -2.33. The van der Waals surface area contributed by atoms with Gasteiger partial charge in [0.25, 0.3) is 5.91 Å². The van der Waals surface area contributed by atoms with Gasteiger partial charge in [-0.25, -0.2) is 4.39 Å². The van der Waals surface area contributed by atoms with Crippen molar-refractivity contribution in [3.05, 3.63) is 66.0 Å². The molecule has 3 rings (SSSR count). The number of benzene rings is 2. The molecule has 25 heavy (non-hydrogen) atoms. The smallest absolute Gasteiger partial charge is 0.275 e. The molecule has 4 nitrogen and oxygen atoms in total. The van der Waals surface area contributed by atoms with Crippen molar-refractivity contribution in [2.75, 3.05) is 44.2 Å². The highest BCUT2D eigenvalue weighted by molar-refractivity contribution is 5.76. The Bertz CT molecular complexity index is 684. The summed E-state index contributed by atoms with van der Waals surface area (Å²) >= 11 is 0. The van der Waals surface area contributed by atoms with E-state index in [4.69, 9.17) is 0 Å². The summed E-state index contributed by atoms with van der Waals surface area (Å²) < 4.78 is 13.5. The van der Waals surface area contributed by atoms with Gasteiger partial charge < -0.3 is 15.1 Å². The average Bonchev–Trinajstić information content (AvgIpc) is 2.65. The van der Waals surface area contributed by atoms with Gasteiger partial charge in [0.1, 0.15) is 5.82 Å². The van der Waals surface area contributed by atoms with Crippen molar-refractivity contribution >= 4 is 11.6 Å². The van der Waals surface area contributed by atoms with Crippen LogP contribution < -0.4 is 15.1 Å². The third-order valence-corrected chi connectivity index (χ3v) is 4.68. The second-order valence-electron chi connectivity index (χ2n) is 6.44. The highest BCUT2D eigenvalue weighted by Crippen LogP contribution is 2.12. The van der Waals surface area contributed by atoms with Crippen LogP contribution in [0, 0.1) is 5.82 Å². The number of para-hydroxylation sites is 1. The average molecular weight is 342 g/mol. The fourth-order valence-electron chi connectivity index (χ4n) is 3.22. The van der Waals surface area contributed by atoms with E-state index < -0.39 is 0 Å². The van der Waals surface area contributed by atoms with Gasteiger partial charge in [0.05, 0.1) is 26.2 Å². The Labute approximate surface area is 148 Å². The fourth-order valence-corrected chi connectivity index (χ4v) is 3.22. The maximum atomic E-state index is 13.5. The lowest BCUT2D eigenvalue weighted by Crippen LogP contribution is -3.16. The summed E-state index contributed by atoms with van der Waals surface area (Å²) in [5.41, 5.74) is 1.89. The zero-order valence-electron chi connectivity index (χ0n) is 14.4. The Balaban J connectivity index is 1.37. The van der Waals surface area contributed by atoms with Gasteiger partial charge in [-0.15, -0.1) is 0 Å². The van der Waals surface area contributed by atoms with Crippen LogP contribution in [0.2, 0.25) is 0 Å². The lowest BCUT2D eigenvalue weighted by molar-refractivity contribution is -0.892. The molecule has 1 aliphatic rings. The number of nitrogens with one attached hydrogen (secondary N) is 2. The monoisotopic (exact) mass is 342 g/mol. The predicted octanol–water partition coefficient (Wildman–Crippen LogP) is 0.890. The quantitative estimate of drug-likeness (QED) is 0.818. The maximum absolute atomic E-state index is 13.5. The van der Waals surface area contributed by atoms with Crippen molar-refractivity contribution in [2.45, 2.75) is 6.42 Å². The number of piperazine rings is 1. The van der Waals surface area contributed by atoms with Crippen molar-refractivity contribution in [1.29, 1.82) is 0 Å². The van der Waals surface area contributed by atoms with Crippen molar-refractivity contribution < 1.29 is 14.1 Å². The van der Waals surface area contributed by atoms with Crippen molar-refractivity contribution in [3.63, 3.8) is 0 Å². The SMILES string of the molecule is O=C(C[NH+]1CCN(c2ccccc2)CC1)NCCc1ccccc1F. The zero-order chi connectivity index (χ0) is 17.5. The van der Waals surface area contributed by atoms with E-state index in [0.29, 0.717) is 25.1 Å². The molecule has 2 aromatic carbocycles. The molecule has 0 aliphatic carbocycles. The van der Waals surface area contributed by atoms with Crippen LogP contribution >= 0.6 is 0 Å². The third kappa shape index (κ3) is 5.03. The van der Waals surface area contributed by atoms with E-state index in [9.17, 15) is 9.18 Å². The fraction of sp³-hybridized carbons (Fsp3) is 0.350. The predicted molar refractivity (Wildman–Crippen MR) is 97.3 cm³/mol. The van der Waals surface area contributed by atoms with Gasteiger partial charge in [0, 0.05) is 12.2 Å². The molecule has 132 valence electrons. The zero-order valence-corrected chi connectivity index (χ0v) is 14.4. The summed E-state index contributed by atoms with van der Waals surface area (Å²) in [7, 11) is 0. The first-order valence-electron chi connectivity index (χ1n) is 8.86. The Morgan fingerprint density at radius 3 is 2.44 bits per heavy atom. The van der Waals surface area contributed by atoms with E-state index in [0.717, 1.165) is 26.2 Å². The van der Waals surface area contributed by atoms with Crippen LogP contribution in [0.3, 0.4) is 0 Å². The van der Waals surface area contributed by atoms with Crippen LogP contribution in [-0.2, 0) is 11.2 Å². The number of hydrogen-bond acceptors (Lipinski definition) is 2.